The maximum absolute atomic E-state index is 14.7. The Labute approximate surface area is 347 Å². The molecule has 7 nitrogen and oxygen atoms in total. The van der Waals surface area contributed by atoms with Crippen LogP contribution in [0.3, 0.4) is 0 Å². The van der Waals surface area contributed by atoms with Gasteiger partial charge in [0.05, 0.1) is 57.3 Å². The van der Waals surface area contributed by atoms with Crippen molar-refractivity contribution in [3.63, 3.8) is 0 Å². The average molecular weight is 826 g/mol. The first-order chi connectivity index (χ1) is 29.9. The lowest BCUT2D eigenvalue weighted by Gasteiger charge is -2.19. The van der Waals surface area contributed by atoms with Gasteiger partial charge in [0.2, 0.25) is 0 Å². The van der Waals surface area contributed by atoms with Crippen LogP contribution < -0.4 is 0 Å². The van der Waals surface area contributed by atoms with E-state index < -0.39 is 23.5 Å². The average Bonchev–Trinajstić information content (AvgIpc) is 3.80. The summed E-state index contributed by atoms with van der Waals surface area (Å²) in [5, 5.41) is 12.9. The molecule has 10 aromatic rings. The zero-order valence-corrected chi connectivity index (χ0v) is 31.8. The molecule has 0 atom stereocenters. The minimum Gasteiger partial charge on any atom is -0.310 e. The molecule has 0 saturated carbocycles. The minimum atomic E-state index is -4.81. The number of rotatable bonds is 5. The third kappa shape index (κ3) is 6.26. The number of aromatic nitrogens is 5. The number of alkyl halides is 6. The van der Waals surface area contributed by atoms with Crippen LogP contribution >= 0.6 is 0 Å². The normalized spacial score (nSPS) is 12.0. The van der Waals surface area contributed by atoms with Crippen molar-refractivity contribution in [2.24, 2.45) is 0 Å². The summed E-state index contributed by atoms with van der Waals surface area (Å²) in [6.07, 6.45) is -9.62. The summed E-state index contributed by atoms with van der Waals surface area (Å²) in [4.78, 5) is 17.9. The number of benzene rings is 7. The van der Waals surface area contributed by atoms with Crippen LogP contribution in [0.1, 0.15) is 16.7 Å². The number of hydrogen-bond acceptors (Lipinski definition) is 4. The molecule has 0 unspecified atom stereocenters. The van der Waals surface area contributed by atoms with Crippen LogP contribution in [-0.4, -0.2) is 24.1 Å². The van der Waals surface area contributed by atoms with Gasteiger partial charge in [-0.05, 0) is 66.7 Å². The summed E-state index contributed by atoms with van der Waals surface area (Å²) >= 11 is 0. The Hall–Kier alpha value is -8.29. The summed E-state index contributed by atoms with van der Waals surface area (Å²) in [6, 6.07) is 41.7. The minimum absolute atomic E-state index is 0.0103. The van der Waals surface area contributed by atoms with Gasteiger partial charge in [-0.1, -0.05) is 84.9 Å². The predicted octanol–water partition coefficient (Wildman–Crippen LogP) is 13.5. The van der Waals surface area contributed by atoms with Crippen molar-refractivity contribution in [3.8, 4) is 51.6 Å². The summed E-state index contributed by atoms with van der Waals surface area (Å²) in [5.41, 5.74) is 1.53. The lowest BCUT2D eigenvalue weighted by atomic mass is 10.0. The molecule has 3 aromatic heterocycles. The zero-order chi connectivity index (χ0) is 42.9. The fourth-order valence-electron chi connectivity index (χ4n) is 8.09. The maximum Gasteiger partial charge on any atom is 0.416 e. The maximum atomic E-state index is 14.7. The summed E-state index contributed by atoms with van der Waals surface area (Å²) in [7, 11) is 0. The molecule has 0 fully saturated rings. The molecular weight excluding hydrogens is 801 g/mol. The Bertz CT molecular complexity index is 3320. The van der Waals surface area contributed by atoms with Crippen LogP contribution in [0.25, 0.3) is 94.0 Å². The SMILES string of the molecule is [C-]#[N+]c1ccc2c3ccccc3n(-c3ccc(C(F)(F)F)cc3-c3nc(-c4ccccc4)nc(-c4cc(C(F)(F)F)ccc4-n4c5ccccc5c5ccc(C#N)cc54)n3)c2c1. The van der Waals surface area contributed by atoms with Crippen LogP contribution in [0.2, 0.25) is 0 Å². The molecule has 0 N–H and O–H groups in total. The first-order valence-corrected chi connectivity index (χ1v) is 19.0. The lowest BCUT2D eigenvalue weighted by Crippen LogP contribution is -2.10. The van der Waals surface area contributed by atoms with Crippen molar-refractivity contribution in [2.75, 3.05) is 0 Å². The molecule has 3 heterocycles. The van der Waals surface area contributed by atoms with E-state index in [1.807, 2.05) is 24.3 Å². The van der Waals surface area contributed by atoms with Gasteiger partial charge in [0.1, 0.15) is 0 Å². The van der Waals surface area contributed by atoms with Gasteiger partial charge < -0.3 is 9.13 Å². The zero-order valence-electron chi connectivity index (χ0n) is 31.8. The van der Waals surface area contributed by atoms with Gasteiger partial charge in [0.15, 0.2) is 23.2 Å². The summed E-state index contributed by atoms with van der Waals surface area (Å²) in [5.74, 6) is -0.512. The smallest absolute Gasteiger partial charge is 0.310 e. The first-order valence-electron chi connectivity index (χ1n) is 19.0. The van der Waals surface area contributed by atoms with Crippen LogP contribution in [0.4, 0.5) is 32.0 Å². The largest absolute Gasteiger partial charge is 0.416 e. The molecule has 0 aliphatic heterocycles. The first kappa shape index (κ1) is 37.9. The van der Waals surface area contributed by atoms with Gasteiger partial charge in [0.25, 0.3) is 0 Å². The van der Waals surface area contributed by atoms with E-state index in [9.17, 15) is 31.6 Å². The molecular formula is C49H25F6N7. The van der Waals surface area contributed by atoms with Crippen molar-refractivity contribution >= 4 is 49.3 Å². The number of fused-ring (bicyclic) bond motifs is 6. The number of nitriles is 1. The van der Waals surface area contributed by atoms with E-state index in [2.05, 4.69) is 10.9 Å². The lowest BCUT2D eigenvalue weighted by molar-refractivity contribution is -0.138. The van der Waals surface area contributed by atoms with Crippen molar-refractivity contribution in [3.05, 3.63) is 180 Å². The van der Waals surface area contributed by atoms with E-state index in [-0.39, 0.29) is 40.0 Å². The molecule has 10 rings (SSSR count). The number of para-hydroxylation sites is 2. The third-order valence-corrected chi connectivity index (χ3v) is 10.9. The van der Waals surface area contributed by atoms with E-state index in [0.717, 1.165) is 45.8 Å². The number of hydrogen-bond donors (Lipinski definition) is 0. The second kappa shape index (κ2) is 14.2. The van der Waals surface area contributed by atoms with Crippen molar-refractivity contribution in [1.29, 1.82) is 5.26 Å². The Kier molecular flexibility index (Phi) is 8.68. The van der Waals surface area contributed by atoms with E-state index in [4.69, 9.17) is 21.5 Å². The Morgan fingerprint density at radius 2 is 0.952 bits per heavy atom. The summed E-state index contributed by atoms with van der Waals surface area (Å²) in [6.45, 7) is 7.72. The molecule has 0 bridgehead atoms. The predicted molar refractivity (Wildman–Crippen MR) is 226 cm³/mol. The highest BCUT2D eigenvalue weighted by molar-refractivity contribution is 6.11. The monoisotopic (exact) mass is 825 g/mol. The molecule has 0 saturated heterocycles. The molecule has 13 heteroatoms. The molecule has 0 radical (unpaired) electrons. The van der Waals surface area contributed by atoms with Crippen molar-refractivity contribution < 1.29 is 26.3 Å². The van der Waals surface area contributed by atoms with Gasteiger partial charge in [-0.15, -0.1) is 0 Å². The Balaban J connectivity index is 1.33. The second-order valence-electron chi connectivity index (χ2n) is 14.5. The highest BCUT2D eigenvalue weighted by Crippen LogP contribution is 2.43. The number of nitrogens with zero attached hydrogens (tertiary/aromatic N) is 7. The van der Waals surface area contributed by atoms with Crippen LogP contribution in [0.15, 0.2) is 152 Å². The number of halogens is 6. The molecule has 0 aliphatic rings. The molecule has 0 amide bonds. The molecule has 0 aliphatic carbocycles. The highest BCUT2D eigenvalue weighted by atomic mass is 19.4. The van der Waals surface area contributed by atoms with Crippen LogP contribution in [0.5, 0.6) is 0 Å². The highest BCUT2D eigenvalue weighted by Gasteiger charge is 2.34. The van der Waals surface area contributed by atoms with Gasteiger partial charge in [-0.2, -0.15) is 31.6 Å². The summed E-state index contributed by atoms with van der Waals surface area (Å²) < 4.78 is 91.7. The molecule has 298 valence electrons. The second-order valence-corrected chi connectivity index (χ2v) is 14.5. The van der Waals surface area contributed by atoms with Crippen molar-refractivity contribution in [2.45, 2.75) is 12.4 Å². The topological polar surface area (TPSA) is 76.7 Å². The van der Waals surface area contributed by atoms with Gasteiger partial charge >= 0.3 is 12.4 Å². The van der Waals surface area contributed by atoms with E-state index in [1.165, 1.54) is 12.1 Å². The quantitative estimate of drug-likeness (QED) is 0.128. The fraction of sp³-hybridized carbons (Fsp3) is 0.0408. The van der Waals surface area contributed by atoms with Gasteiger partial charge in [-0.3, -0.25) is 0 Å². The van der Waals surface area contributed by atoms with E-state index in [0.29, 0.717) is 38.9 Å². The van der Waals surface area contributed by atoms with Gasteiger partial charge in [0, 0.05) is 43.8 Å². The molecule has 0 spiro atoms. The van der Waals surface area contributed by atoms with E-state index >= 15 is 0 Å². The van der Waals surface area contributed by atoms with Crippen LogP contribution in [-0.2, 0) is 12.4 Å². The standard InChI is InChI=1S/C49H25F6N7/c1-57-32-18-20-36-34-12-6-8-14-40(34)62(44(36)26-32)42-22-17-31(49(53,54)55)25-38(42)47-59-45(29-9-3-2-4-10-29)58-46(60-47)37-24-30(48(50,51)52)16-21-41(37)61-39-13-7-5-11-33(39)35-19-15-28(27-56)23-43(35)61/h2-26H. The molecule has 7 aromatic carbocycles. The fourth-order valence-corrected chi connectivity index (χ4v) is 8.09. The van der Waals surface area contributed by atoms with Crippen LogP contribution in [0, 0.1) is 17.9 Å². The van der Waals surface area contributed by atoms with E-state index in [1.54, 1.807) is 100 Å². The van der Waals surface area contributed by atoms with Gasteiger partial charge in [-0.25, -0.2) is 19.8 Å². The Morgan fingerprint density at radius 1 is 0.484 bits per heavy atom. The Morgan fingerprint density at radius 3 is 1.47 bits per heavy atom. The molecule has 62 heavy (non-hydrogen) atoms. The third-order valence-electron chi connectivity index (χ3n) is 10.9. The van der Waals surface area contributed by atoms with Crippen molar-refractivity contribution in [1.82, 2.24) is 24.1 Å².